The van der Waals surface area contributed by atoms with Crippen molar-refractivity contribution in [1.82, 2.24) is 10.6 Å². The smallest absolute Gasteiger partial charge is 0.251 e. The van der Waals surface area contributed by atoms with Crippen molar-refractivity contribution in [2.75, 3.05) is 6.54 Å². The largest absolute Gasteiger partial charge is 0.490 e. The molecule has 124 valence electrons. The number of nitrogens with one attached hydrogen (secondary N) is 2. The topological polar surface area (TPSA) is 67.4 Å². The Labute approximate surface area is 136 Å². The van der Waals surface area contributed by atoms with Gasteiger partial charge in [-0.3, -0.25) is 9.59 Å². The van der Waals surface area contributed by atoms with Crippen LogP contribution in [0.3, 0.4) is 0 Å². The summed E-state index contributed by atoms with van der Waals surface area (Å²) in [5.41, 5.74) is 0.600. The van der Waals surface area contributed by atoms with Crippen LogP contribution in [0, 0.1) is 0 Å². The molecule has 0 spiro atoms. The Morgan fingerprint density at radius 3 is 2.83 bits per heavy atom. The summed E-state index contributed by atoms with van der Waals surface area (Å²) in [6.07, 6.45) is 7.30. The van der Waals surface area contributed by atoms with Crippen LogP contribution in [0.2, 0.25) is 0 Å². The molecule has 2 amide bonds. The van der Waals surface area contributed by atoms with Crippen molar-refractivity contribution < 1.29 is 14.3 Å². The van der Waals surface area contributed by atoms with E-state index in [-0.39, 0.29) is 24.0 Å². The van der Waals surface area contributed by atoms with Crippen molar-refractivity contribution in [2.24, 2.45) is 0 Å². The van der Waals surface area contributed by atoms with Crippen LogP contribution in [0.15, 0.2) is 24.3 Å². The van der Waals surface area contributed by atoms with Crippen molar-refractivity contribution in [2.45, 2.75) is 57.1 Å². The molecule has 1 aromatic rings. The van der Waals surface area contributed by atoms with Crippen LogP contribution in [-0.2, 0) is 4.79 Å². The summed E-state index contributed by atoms with van der Waals surface area (Å²) in [6.45, 7) is 0.471. The molecule has 3 rings (SSSR count). The number of amides is 2. The molecule has 1 aliphatic carbocycles. The molecule has 5 nitrogen and oxygen atoms in total. The third-order valence-corrected chi connectivity index (χ3v) is 4.53. The van der Waals surface area contributed by atoms with Gasteiger partial charge in [0.05, 0.1) is 6.10 Å². The summed E-state index contributed by atoms with van der Waals surface area (Å²) in [5, 5.41) is 5.81. The zero-order valence-corrected chi connectivity index (χ0v) is 13.3. The van der Waals surface area contributed by atoms with Crippen LogP contribution >= 0.6 is 0 Å². The van der Waals surface area contributed by atoms with E-state index in [0.717, 1.165) is 31.4 Å². The molecule has 1 heterocycles. The molecule has 1 saturated heterocycles. The van der Waals surface area contributed by atoms with Crippen molar-refractivity contribution in [3.05, 3.63) is 29.8 Å². The molecule has 0 bridgehead atoms. The lowest BCUT2D eigenvalue weighted by Gasteiger charge is -2.23. The average molecular weight is 316 g/mol. The van der Waals surface area contributed by atoms with Crippen LogP contribution in [-0.4, -0.2) is 30.5 Å². The highest BCUT2D eigenvalue weighted by Crippen LogP contribution is 2.24. The molecule has 1 atom stereocenters. The fourth-order valence-corrected chi connectivity index (χ4v) is 3.26. The molecule has 23 heavy (non-hydrogen) atoms. The van der Waals surface area contributed by atoms with Gasteiger partial charge in [0.2, 0.25) is 5.91 Å². The molecule has 1 saturated carbocycles. The van der Waals surface area contributed by atoms with Crippen LogP contribution in [0.5, 0.6) is 5.75 Å². The van der Waals surface area contributed by atoms with Gasteiger partial charge >= 0.3 is 0 Å². The van der Waals surface area contributed by atoms with Crippen LogP contribution in [0.1, 0.15) is 55.3 Å². The predicted octanol–water partition coefficient (Wildman–Crippen LogP) is 2.41. The average Bonchev–Trinajstić information content (AvgIpc) is 3.06. The van der Waals surface area contributed by atoms with Crippen molar-refractivity contribution in [3.63, 3.8) is 0 Å². The van der Waals surface area contributed by atoms with E-state index in [1.807, 2.05) is 12.1 Å². The van der Waals surface area contributed by atoms with Gasteiger partial charge in [0, 0.05) is 24.6 Å². The molecule has 0 aromatic heterocycles. The number of piperidine rings is 1. The minimum Gasteiger partial charge on any atom is -0.490 e. The number of hydrogen-bond acceptors (Lipinski definition) is 3. The lowest BCUT2D eigenvalue weighted by atomic mass is 10.0. The molecule has 0 unspecified atom stereocenters. The maximum atomic E-state index is 12.3. The number of benzene rings is 1. The maximum Gasteiger partial charge on any atom is 0.251 e. The second kappa shape index (κ2) is 7.49. The van der Waals surface area contributed by atoms with Crippen molar-refractivity contribution in [1.29, 1.82) is 0 Å². The zero-order valence-electron chi connectivity index (χ0n) is 13.3. The summed E-state index contributed by atoms with van der Waals surface area (Å²) in [6, 6.07) is 7.37. The maximum absolute atomic E-state index is 12.3. The van der Waals surface area contributed by atoms with Gasteiger partial charge in [-0.1, -0.05) is 6.07 Å². The SMILES string of the molecule is O=C1CCC[C@H](CNC(=O)c2cccc(OC3CCCC3)c2)N1. The van der Waals surface area contributed by atoms with Crippen molar-refractivity contribution in [3.8, 4) is 5.75 Å². The molecule has 5 heteroatoms. The highest BCUT2D eigenvalue weighted by atomic mass is 16.5. The minimum atomic E-state index is -0.123. The van der Waals surface area contributed by atoms with Crippen LogP contribution in [0.4, 0.5) is 0 Å². The fraction of sp³-hybridized carbons (Fsp3) is 0.556. The molecule has 2 aliphatic rings. The normalized spacial score (nSPS) is 21.7. The quantitative estimate of drug-likeness (QED) is 0.876. The summed E-state index contributed by atoms with van der Waals surface area (Å²) in [7, 11) is 0. The van der Waals surface area contributed by atoms with Gasteiger partial charge in [-0.05, 0) is 56.7 Å². The third-order valence-electron chi connectivity index (χ3n) is 4.53. The number of carbonyl (C=O) groups excluding carboxylic acids is 2. The number of hydrogen-bond donors (Lipinski definition) is 2. The Hall–Kier alpha value is -2.04. The Balaban J connectivity index is 1.53. The monoisotopic (exact) mass is 316 g/mol. The Kier molecular flexibility index (Phi) is 5.16. The predicted molar refractivity (Wildman–Crippen MR) is 87.4 cm³/mol. The second-order valence-electron chi connectivity index (χ2n) is 6.42. The summed E-state index contributed by atoms with van der Waals surface area (Å²) < 4.78 is 5.94. The second-order valence-corrected chi connectivity index (χ2v) is 6.42. The van der Waals surface area contributed by atoms with Gasteiger partial charge < -0.3 is 15.4 Å². The highest BCUT2D eigenvalue weighted by Gasteiger charge is 2.19. The summed E-state index contributed by atoms with van der Waals surface area (Å²) >= 11 is 0. The van der Waals surface area contributed by atoms with Gasteiger partial charge in [0.15, 0.2) is 0 Å². The molecule has 2 N–H and O–H groups in total. The van der Waals surface area contributed by atoms with Gasteiger partial charge in [0.25, 0.3) is 5.91 Å². The minimum absolute atomic E-state index is 0.0399. The molecule has 0 radical (unpaired) electrons. The Bertz CT molecular complexity index is 567. The summed E-state index contributed by atoms with van der Waals surface area (Å²) in [4.78, 5) is 23.6. The fourth-order valence-electron chi connectivity index (χ4n) is 3.26. The first-order chi connectivity index (χ1) is 11.2. The Morgan fingerprint density at radius 1 is 1.22 bits per heavy atom. The number of ether oxygens (including phenoxy) is 1. The third kappa shape index (κ3) is 4.47. The van der Waals surface area contributed by atoms with Gasteiger partial charge in [-0.15, -0.1) is 0 Å². The van der Waals surface area contributed by atoms with E-state index in [1.165, 1.54) is 12.8 Å². The van der Waals surface area contributed by atoms with E-state index >= 15 is 0 Å². The van der Waals surface area contributed by atoms with Gasteiger partial charge in [-0.25, -0.2) is 0 Å². The van der Waals surface area contributed by atoms with E-state index in [4.69, 9.17) is 4.74 Å². The Morgan fingerprint density at radius 2 is 2.04 bits per heavy atom. The number of carbonyl (C=O) groups is 2. The molecular weight excluding hydrogens is 292 g/mol. The molecule has 2 fully saturated rings. The zero-order chi connectivity index (χ0) is 16.1. The van der Waals surface area contributed by atoms with E-state index in [9.17, 15) is 9.59 Å². The summed E-state index contributed by atoms with van der Waals surface area (Å²) in [5.74, 6) is 0.708. The standard InChI is InChI=1S/C18H24N2O3/c21-17-10-4-6-14(20-17)12-19-18(22)13-5-3-9-16(11-13)23-15-7-1-2-8-15/h3,5,9,11,14-15H,1-2,4,6-8,10,12H2,(H,19,22)(H,20,21)/t14-/m1/s1. The van der Waals surface area contributed by atoms with E-state index in [2.05, 4.69) is 10.6 Å². The first kappa shape index (κ1) is 15.8. The van der Waals surface area contributed by atoms with Gasteiger partial charge in [0.1, 0.15) is 5.75 Å². The lowest BCUT2D eigenvalue weighted by molar-refractivity contribution is -0.123. The van der Waals surface area contributed by atoms with E-state index < -0.39 is 0 Å². The van der Waals surface area contributed by atoms with Crippen LogP contribution < -0.4 is 15.4 Å². The first-order valence-electron chi connectivity index (χ1n) is 8.55. The lowest BCUT2D eigenvalue weighted by Crippen LogP contribution is -2.46. The van der Waals surface area contributed by atoms with Crippen molar-refractivity contribution >= 4 is 11.8 Å². The van der Waals surface area contributed by atoms with Gasteiger partial charge in [-0.2, -0.15) is 0 Å². The van der Waals surface area contributed by atoms with E-state index in [1.54, 1.807) is 12.1 Å². The molecule has 1 aliphatic heterocycles. The molecule has 1 aromatic carbocycles. The van der Waals surface area contributed by atoms with Crippen LogP contribution in [0.25, 0.3) is 0 Å². The highest BCUT2D eigenvalue weighted by molar-refractivity contribution is 5.94. The number of rotatable bonds is 5. The molecular formula is C18H24N2O3. The van der Waals surface area contributed by atoms with E-state index in [0.29, 0.717) is 18.5 Å². The first-order valence-corrected chi connectivity index (χ1v) is 8.55.